The van der Waals surface area contributed by atoms with Crippen LogP contribution in [-0.4, -0.2) is 55.5 Å². The van der Waals surface area contributed by atoms with Gasteiger partial charge in [-0.1, -0.05) is 0 Å². The van der Waals surface area contributed by atoms with E-state index < -0.39 is 0 Å². The Morgan fingerprint density at radius 3 is 2.44 bits per heavy atom. The van der Waals surface area contributed by atoms with Crippen LogP contribution in [0.4, 0.5) is 17.5 Å². The molecule has 1 saturated carbocycles. The number of anilines is 3. The van der Waals surface area contributed by atoms with E-state index in [4.69, 9.17) is 31.7 Å². The number of hydrogen-bond donors (Lipinski definition) is 3. The molecule has 0 unspecified atom stereocenters. The number of nitrogens with zero attached hydrogens (tertiary/aromatic N) is 3. The minimum Gasteiger partial charge on any atom is -0.497 e. The third kappa shape index (κ3) is 5.81. The molecule has 34 heavy (non-hydrogen) atoms. The average molecular weight is 485 g/mol. The quantitative estimate of drug-likeness (QED) is 0.502. The second-order valence-corrected chi connectivity index (χ2v) is 9.66. The molecule has 184 valence electrons. The molecule has 1 aromatic carbocycles. The summed E-state index contributed by atoms with van der Waals surface area (Å²) in [5, 5.41) is 10.9. The third-order valence-electron chi connectivity index (χ3n) is 6.64. The highest BCUT2D eigenvalue weighted by atomic mass is 32.1. The lowest BCUT2D eigenvalue weighted by Crippen LogP contribution is -2.42. The number of aromatic nitrogens is 2. The van der Waals surface area contributed by atoms with E-state index in [-0.39, 0.29) is 0 Å². The van der Waals surface area contributed by atoms with Crippen LogP contribution in [0, 0.1) is 0 Å². The van der Waals surface area contributed by atoms with E-state index in [1.165, 1.54) is 24.1 Å². The Hall–Kier alpha value is -2.81. The molecule has 0 aliphatic heterocycles. The Kier molecular flexibility index (Phi) is 7.92. The summed E-state index contributed by atoms with van der Waals surface area (Å²) in [6, 6.07) is 6.31. The van der Waals surface area contributed by atoms with Gasteiger partial charge in [-0.15, -0.1) is 0 Å². The van der Waals surface area contributed by atoms with Crippen molar-refractivity contribution in [1.82, 2.24) is 15.3 Å². The number of benzene rings is 1. The zero-order valence-corrected chi connectivity index (χ0v) is 21.4. The van der Waals surface area contributed by atoms with E-state index in [0.29, 0.717) is 17.2 Å². The van der Waals surface area contributed by atoms with Crippen molar-refractivity contribution in [1.29, 1.82) is 0 Å². The summed E-state index contributed by atoms with van der Waals surface area (Å²) in [6.07, 6.45) is 8.70. The molecule has 2 aliphatic carbocycles. The lowest BCUT2D eigenvalue weighted by molar-refractivity contribution is 0.387. The van der Waals surface area contributed by atoms with Gasteiger partial charge >= 0.3 is 0 Å². The highest BCUT2D eigenvalue weighted by Gasteiger charge is 2.24. The lowest BCUT2D eigenvalue weighted by atomic mass is 9.91. The average Bonchev–Trinajstić information content (AvgIpc) is 2.84. The molecule has 8 nitrogen and oxygen atoms in total. The van der Waals surface area contributed by atoms with Gasteiger partial charge in [-0.2, -0.15) is 4.98 Å². The highest BCUT2D eigenvalue weighted by Crippen LogP contribution is 2.30. The first-order valence-corrected chi connectivity index (χ1v) is 12.5. The number of thiocarbonyl (C=S) groups is 1. The standard InChI is InChI=1S/C25H36N6O2S/c1-31(2)23-19-7-5-6-8-20(19)28-24(30-23)26-16-9-11-17(12-10-16)27-25(34)29-21-15-18(32-3)13-14-22(21)33-4/h13-17H,5-12H2,1-4H3,(H,26,28,30)(H2,27,29,34). The summed E-state index contributed by atoms with van der Waals surface area (Å²) in [7, 11) is 7.42. The molecule has 0 atom stereocenters. The molecule has 0 radical (unpaired) electrons. The number of aryl methyl sites for hydroxylation is 1. The topological polar surface area (TPSA) is 83.6 Å². The minimum atomic E-state index is 0.330. The van der Waals surface area contributed by atoms with Crippen molar-refractivity contribution in [3.05, 3.63) is 29.5 Å². The molecular weight excluding hydrogens is 448 g/mol. The number of methoxy groups -OCH3 is 2. The monoisotopic (exact) mass is 484 g/mol. The first-order valence-electron chi connectivity index (χ1n) is 12.1. The number of nitrogens with one attached hydrogen (secondary N) is 3. The van der Waals surface area contributed by atoms with Crippen molar-refractivity contribution >= 4 is 34.8 Å². The number of fused-ring (bicyclic) bond motifs is 1. The molecule has 0 saturated heterocycles. The van der Waals surface area contributed by atoms with Gasteiger partial charge < -0.3 is 30.3 Å². The van der Waals surface area contributed by atoms with Crippen LogP contribution in [-0.2, 0) is 12.8 Å². The SMILES string of the molecule is COc1ccc(OC)c(NC(=S)NC2CCC(Nc3nc4c(c(N(C)C)n3)CCCC4)CC2)c1. The van der Waals surface area contributed by atoms with Crippen molar-refractivity contribution in [2.45, 2.75) is 63.5 Å². The smallest absolute Gasteiger partial charge is 0.225 e. The Morgan fingerprint density at radius 2 is 1.74 bits per heavy atom. The Labute approximate surface area is 207 Å². The second-order valence-electron chi connectivity index (χ2n) is 9.26. The van der Waals surface area contributed by atoms with Gasteiger partial charge in [0.25, 0.3) is 0 Å². The number of hydrogen-bond acceptors (Lipinski definition) is 7. The van der Waals surface area contributed by atoms with E-state index in [0.717, 1.165) is 67.5 Å². The Bertz CT molecular complexity index is 1010. The van der Waals surface area contributed by atoms with Gasteiger partial charge in [-0.05, 0) is 75.7 Å². The fourth-order valence-corrected chi connectivity index (χ4v) is 5.11. The molecule has 3 N–H and O–H groups in total. The summed E-state index contributed by atoms with van der Waals surface area (Å²) >= 11 is 5.57. The zero-order valence-electron chi connectivity index (χ0n) is 20.6. The fraction of sp³-hybridized carbons (Fsp3) is 0.560. The molecule has 2 aliphatic rings. The van der Waals surface area contributed by atoms with Gasteiger partial charge in [0, 0.05) is 37.8 Å². The molecular formula is C25H36N6O2S. The van der Waals surface area contributed by atoms with Crippen molar-refractivity contribution in [3.8, 4) is 11.5 Å². The molecule has 0 spiro atoms. The normalized spacial score (nSPS) is 19.5. The Balaban J connectivity index is 1.31. The zero-order chi connectivity index (χ0) is 24.1. The van der Waals surface area contributed by atoms with Gasteiger partial charge in [0.1, 0.15) is 17.3 Å². The maximum Gasteiger partial charge on any atom is 0.225 e. The summed E-state index contributed by atoms with van der Waals surface area (Å²) in [5.74, 6) is 3.30. The van der Waals surface area contributed by atoms with Gasteiger partial charge in [0.15, 0.2) is 5.11 Å². The van der Waals surface area contributed by atoms with Crippen LogP contribution in [0.3, 0.4) is 0 Å². The maximum atomic E-state index is 5.57. The van der Waals surface area contributed by atoms with Gasteiger partial charge in [-0.3, -0.25) is 0 Å². The molecule has 1 aromatic heterocycles. The van der Waals surface area contributed by atoms with Crippen LogP contribution in [0.2, 0.25) is 0 Å². The predicted octanol–water partition coefficient (Wildman–Crippen LogP) is 4.15. The van der Waals surface area contributed by atoms with E-state index in [9.17, 15) is 0 Å². The van der Waals surface area contributed by atoms with Crippen LogP contribution in [0.1, 0.15) is 49.8 Å². The molecule has 9 heteroatoms. The van der Waals surface area contributed by atoms with E-state index in [2.05, 4.69) is 34.9 Å². The fourth-order valence-electron chi connectivity index (χ4n) is 4.83. The van der Waals surface area contributed by atoms with Crippen LogP contribution >= 0.6 is 12.2 Å². The molecule has 0 bridgehead atoms. The molecule has 2 aromatic rings. The van der Waals surface area contributed by atoms with Crippen molar-refractivity contribution in [2.24, 2.45) is 0 Å². The molecule has 4 rings (SSSR count). The largest absolute Gasteiger partial charge is 0.497 e. The van der Waals surface area contributed by atoms with Crippen molar-refractivity contribution < 1.29 is 9.47 Å². The lowest BCUT2D eigenvalue weighted by Gasteiger charge is -2.31. The van der Waals surface area contributed by atoms with Crippen LogP contribution in [0.5, 0.6) is 11.5 Å². The predicted molar refractivity (Wildman–Crippen MR) is 142 cm³/mol. The first-order chi connectivity index (χ1) is 16.5. The number of ether oxygens (including phenoxy) is 2. The van der Waals surface area contributed by atoms with Crippen LogP contribution < -0.4 is 30.3 Å². The summed E-state index contributed by atoms with van der Waals surface area (Å²) in [6.45, 7) is 0. The van der Waals surface area contributed by atoms with E-state index in [1.54, 1.807) is 14.2 Å². The third-order valence-corrected chi connectivity index (χ3v) is 6.86. The van der Waals surface area contributed by atoms with E-state index >= 15 is 0 Å². The Morgan fingerprint density at radius 1 is 1.00 bits per heavy atom. The highest BCUT2D eigenvalue weighted by molar-refractivity contribution is 7.80. The van der Waals surface area contributed by atoms with Crippen LogP contribution in [0.25, 0.3) is 0 Å². The molecule has 1 heterocycles. The second kappa shape index (κ2) is 11.1. The van der Waals surface area contributed by atoms with Crippen molar-refractivity contribution in [3.63, 3.8) is 0 Å². The van der Waals surface area contributed by atoms with Crippen LogP contribution in [0.15, 0.2) is 18.2 Å². The molecule has 1 fully saturated rings. The summed E-state index contributed by atoms with van der Waals surface area (Å²) < 4.78 is 10.8. The van der Waals surface area contributed by atoms with Crippen molar-refractivity contribution in [2.75, 3.05) is 43.8 Å². The molecule has 0 amide bonds. The summed E-state index contributed by atoms with van der Waals surface area (Å²) in [4.78, 5) is 11.9. The maximum absolute atomic E-state index is 5.57. The minimum absolute atomic E-state index is 0.330. The van der Waals surface area contributed by atoms with Gasteiger partial charge in [0.2, 0.25) is 5.95 Å². The van der Waals surface area contributed by atoms with Gasteiger partial charge in [0.05, 0.1) is 25.6 Å². The number of rotatable bonds is 7. The van der Waals surface area contributed by atoms with E-state index in [1.807, 2.05) is 18.2 Å². The first kappa shape index (κ1) is 24.3. The van der Waals surface area contributed by atoms with Gasteiger partial charge in [-0.25, -0.2) is 4.98 Å². The summed E-state index contributed by atoms with van der Waals surface area (Å²) in [5.41, 5.74) is 3.33.